The Labute approximate surface area is 251 Å². The summed E-state index contributed by atoms with van der Waals surface area (Å²) in [5.41, 5.74) is 6.10. The van der Waals surface area contributed by atoms with Crippen molar-refractivity contribution < 1.29 is 9.90 Å². The number of allylic oxidation sites excluding steroid dienone is 6. The van der Waals surface area contributed by atoms with Crippen molar-refractivity contribution in [3.8, 4) is 5.13 Å². The van der Waals surface area contributed by atoms with Gasteiger partial charge in [-0.15, -0.1) is 11.3 Å². The highest BCUT2D eigenvalue weighted by Crippen LogP contribution is 2.44. The molecule has 0 fully saturated rings. The van der Waals surface area contributed by atoms with Gasteiger partial charge in [0.2, 0.25) is 0 Å². The highest BCUT2D eigenvalue weighted by atomic mass is 32.1. The molecule has 0 bridgehead atoms. The highest BCUT2D eigenvalue weighted by Gasteiger charge is 2.35. The number of hydrogen-bond donors (Lipinski definition) is 1. The number of nitrogens with zero attached hydrogens (tertiary/aromatic N) is 2. The van der Waals surface area contributed by atoms with Gasteiger partial charge in [0.05, 0.1) is 17.8 Å². The molecule has 228 valence electrons. The van der Waals surface area contributed by atoms with E-state index in [-0.39, 0.29) is 6.42 Å². The molecule has 1 atom stereocenters. The van der Waals surface area contributed by atoms with Crippen LogP contribution in [0.1, 0.15) is 132 Å². The van der Waals surface area contributed by atoms with Crippen molar-refractivity contribution >= 4 is 22.9 Å². The molecular weight excluding hydrogens is 512 g/mol. The van der Waals surface area contributed by atoms with Gasteiger partial charge in [-0.3, -0.25) is 9.36 Å². The first-order valence-corrected chi connectivity index (χ1v) is 16.6. The average molecular weight is 573 g/mol. The fourth-order valence-electron chi connectivity index (χ4n) is 4.76. The van der Waals surface area contributed by atoms with Crippen LogP contribution in [-0.4, -0.2) is 20.6 Å². The zero-order valence-electron chi connectivity index (χ0n) is 28.0. The Hall–Kier alpha value is -2.40. The number of carbonyl (C=O) groups is 1. The summed E-state index contributed by atoms with van der Waals surface area (Å²) in [5.74, 6) is -0.158. The molecule has 3 rings (SSSR count). The number of carboxylic acid groups (broad SMARTS) is 1. The lowest BCUT2D eigenvalue weighted by Gasteiger charge is -2.39. The zero-order valence-corrected chi connectivity index (χ0v) is 28.8. The minimum Gasteiger partial charge on any atom is -0.481 e. The molecule has 2 aromatic rings. The van der Waals surface area contributed by atoms with Gasteiger partial charge in [0.1, 0.15) is 0 Å². The van der Waals surface area contributed by atoms with Crippen LogP contribution in [0.2, 0.25) is 0 Å². The maximum Gasteiger partial charge on any atom is 0.309 e. The van der Waals surface area contributed by atoms with E-state index in [9.17, 15) is 9.90 Å². The van der Waals surface area contributed by atoms with Crippen LogP contribution in [-0.2, 0) is 24.1 Å². The molecule has 4 nitrogen and oxygen atoms in total. The summed E-state index contributed by atoms with van der Waals surface area (Å²) in [4.78, 5) is 15.9. The van der Waals surface area contributed by atoms with Gasteiger partial charge < -0.3 is 5.11 Å². The predicted octanol–water partition coefficient (Wildman–Crippen LogP) is 11.1. The molecule has 1 aliphatic carbocycles. The Balaban J connectivity index is 0. The summed E-state index contributed by atoms with van der Waals surface area (Å²) < 4.78 is 2.28. The molecule has 0 aliphatic heterocycles. The molecule has 1 N–H and O–H groups in total. The molecule has 40 heavy (non-hydrogen) atoms. The maximum atomic E-state index is 11.2. The van der Waals surface area contributed by atoms with E-state index in [1.807, 2.05) is 85.9 Å². The Morgan fingerprint density at radius 3 is 2.20 bits per heavy atom. The lowest BCUT2D eigenvalue weighted by Crippen LogP contribution is -2.31. The third-order valence-corrected chi connectivity index (χ3v) is 8.09. The first-order chi connectivity index (χ1) is 19.3. The highest BCUT2D eigenvalue weighted by molar-refractivity contribution is 7.12. The molecule has 0 amide bonds. The Morgan fingerprint density at radius 2 is 1.68 bits per heavy atom. The van der Waals surface area contributed by atoms with E-state index < -0.39 is 5.97 Å². The third kappa shape index (κ3) is 11.2. The van der Waals surface area contributed by atoms with Gasteiger partial charge in [0.15, 0.2) is 5.13 Å². The van der Waals surface area contributed by atoms with Gasteiger partial charge in [0.25, 0.3) is 0 Å². The molecule has 0 spiro atoms. The monoisotopic (exact) mass is 572 g/mol. The Bertz CT molecular complexity index is 1040. The van der Waals surface area contributed by atoms with Crippen molar-refractivity contribution in [2.45, 2.75) is 129 Å². The topological polar surface area (TPSA) is 55.1 Å². The number of fused-ring (bicyclic) bond motifs is 1. The van der Waals surface area contributed by atoms with Gasteiger partial charge in [-0.1, -0.05) is 119 Å². The van der Waals surface area contributed by atoms with Gasteiger partial charge >= 0.3 is 5.97 Å². The van der Waals surface area contributed by atoms with E-state index in [1.165, 1.54) is 47.4 Å². The largest absolute Gasteiger partial charge is 0.481 e. The molecule has 0 saturated carbocycles. The molecular formula is C35H60N2O2S. The minimum absolute atomic E-state index is 0.0381. The first kappa shape index (κ1) is 39.7. The van der Waals surface area contributed by atoms with Crippen molar-refractivity contribution in [1.82, 2.24) is 9.55 Å². The quantitative estimate of drug-likeness (QED) is 0.304. The fourth-order valence-corrected chi connectivity index (χ4v) is 5.62. The third-order valence-electron chi connectivity index (χ3n) is 7.22. The molecule has 1 aliphatic rings. The molecule has 0 radical (unpaired) electrons. The standard InChI is InChI=1S/C27H36N2O2S.4C2H6/c1-6-9-10-11-12-19(4)24-16-20-15-21(27(5,7-2)8-3)13-14-23(20)29(24)26-28-22(18-32-26)17-25(30)31;4*1-2/h6,9-12,16,18,21H,7-8,13-15,17H2,1-5H3,(H,30,31);4*1-2H3/b9-6-,11-10-,19-12+;;;;. The molecule has 0 aromatic carbocycles. The Morgan fingerprint density at radius 1 is 1.07 bits per heavy atom. The molecule has 1 unspecified atom stereocenters. The van der Waals surface area contributed by atoms with E-state index >= 15 is 0 Å². The SMILES string of the molecule is CC.CC.CC.CC.C\C=C/C=C\C=C(/C)c1cc2c(n1-c1nc(CC(=O)O)cs1)CCC(C(C)(CC)CC)C2. The van der Waals surface area contributed by atoms with Crippen molar-refractivity contribution in [1.29, 1.82) is 0 Å². The summed E-state index contributed by atoms with van der Waals surface area (Å²) in [6.07, 6.45) is 16.0. The number of aromatic nitrogens is 2. The normalized spacial score (nSPS) is 14.5. The lowest BCUT2D eigenvalue weighted by molar-refractivity contribution is -0.136. The van der Waals surface area contributed by atoms with E-state index in [4.69, 9.17) is 4.98 Å². The van der Waals surface area contributed by atoms with Gasteiger partial charge in [0, 0.05) is 11.1 Å². The fraction of sp³-hybridized carbons (Fsp3) is 0.600. The summed E-state index contributed by atoms with van der Waals surface area (Å²) >= 11 is 1.53. The van der Waals surface area contributed by atoms with Gasteiger partial charge in [-0.2, -0.15) is 0 Å². The number of carboxylic acids is 1. The van der Waals surface area contributed by atoms with Crippen molar-refractivity contribution in [3.63, 3.8) is 0 Å². The minimum atomic E-state index is -0.844. The second-order valence-electron chi connectivity index (χ2n) is 9.09. The van der Waals surface area contributed by atoms with Crippen LogP contribution in [0.4, 0.5) is 0 Å². The second kappa shape index (κ2) is 22.3. The van der Waals surface area contributed by atoms with Crippen molar-refractivity contribution in [2.24, 2.45) is 11.3 Å². The van der Waals surface area contributed by atoms with Gasteiger partial charge in [-0.05, 0) is 61.6 Å². The van der Waals surface area contributed by atoms with E-state index in [2.05, 4.69) is 50.5 Å². The second-order valence-corrected chi connectivity index (χ2v) is 9.93. The Kier molecular flexibility index (Phi) is 22.2. The average Bonchev–Trinajstić information content (AvgIpc) is 3.62. The number of rotatable bonds is 9. The molecule has 0 saturated heterocycles. The summed E-state index contributed by atoms with van der Waals surface area (Å²) in [7, 11) is 0. The smallest absolute Gasteiger partial charge is 0.309 e. The first-order valence-electron chi connectivity index (χ1n) is 15.7. The molecule has 5 heteroatoms. The molecule has 2 aromatic heterocycles. The summed E-state index contributed by atoms with van der Waals surface area (Å²) in [6, 6.07) is 2.35. The van der Waals surface area contributed by atoms with Crippen LogP contribution < -0.4 is 0 Å². The van der Waals surface area contributed by atoms with Crippen molar-refractivity contribution in [3.05, 3.63) is 64.5 Å². The predicted molar refractivity (Wildman–Crippen MR) is 180 cm³/mol. The number of thiazole rings is 1. The number of aliphatic carboxylic acids is 1. The van der Waals surface area contributed by atoms with E-state index in [1.54, 1.807) is 0 Å². The van der Waals surface area contributed by atoms with Crippen LogP contribution in [0.3, 0.4) is 0 Å². The molecule has 2 heterocycles. The summed E-state index contributed by atoms with van der Waals surface area (Å²) in [6.45, 7) is 27.2. The van der Waals surface area contributed by atoms with Crippen molar-refractivity contribution in [2.75, 3.05) is 0 Å². The van der Waals surface area contributed by atoms with Gasteiger partial charge in [-0.25, -0.2) is 4.98 Å². The van der Waals surface area contributed by atoms with E-state index in [0.29, 0.717) is 17.0 Å². The maximum absolute atomic E-state index is 11.2. The summed E-state index contributed by atoms with van der Waals surface area (Å²) in [5, 5.41) is 11.9. The lowest BCUT2D eigenvalue weighted by atomic mass is 9.66. The van der Waals surface area contributed by atoms with Crippen LogP contribution in [0, 0.1) is 11.3 Å². The van der Waals surface area contributed by atoms with Crippen LogP contribution in [0.25, 0.3) is 10.7 Å². The van der Waals surface area contributed by atoms with Crippen LogP contribution in [0.5, 0.6) is 0 Å². The van der Waals surface area contributed by atoms with Crippen LogP contribution in [0.15, 0.2) is 41.8 Å². The zero-order chi connectivity index (χ0) is 31.3. The van der Waals surface area contributed by atoms with E-state index in [0.717, 1.165) is 23.7 Å². The number of hydrogen-bond acceptors (Lipinski definition) is 3. The van der Waals surface area contributed by atoms with Crippen LogP contribution >= 0.6 is 11.3 Å².